The summed E-state index contributed by atoms with van der Waals surface area (Å²) >= 11 is 1.24. The van der Waals surface area contributed by atoms with Gasteiger partial charge in [0.1, 0.15) is 0 Å². The third-order valence-electron chi connectivity index (χ3n) is 4.46. The van der Waals surface area contributed by atoms with Crippen LogP contribution in [0.5, 0.6) is 0 Å². The fourth-order valence-electron chi connectivity index (χ4n) is 3.61. The van der Waals surface area contributed by atoms with Crippen LogP contribution in [0.25, 0.3) is 0 Å². The predicted molar refractivity (Wildman–Crippen MR) is 74.5 cm³/mol. The normalized spacial score (nSPS) is 28.0. The molecular formula is C14H20N2O2S. The second-order valence-corrected chi connectivity index (χ2v) is 6.53. The van der Waals surface area contributed by atoms with Gasteiger partial charge in [0.05, 0.1) is 5.69 Å². The van der Waals surface area contributed by atoms with Crippen LogP contribution in [-0.4, -0.2) is 33.5 Å². The van der Waals surface area contributed by atoms with Gasteiger partial charge in [-0.1, -0.05) is 12.8 Å². The smallest absolute Gasteiger partial charge is 0.365 e. The number of likely N-dealkylation sites (tertiary alicyclic amines) is 1. The Morgan fingerprint density at radius 1 is 1.37 bits per heavy atom. The van der Waals surface area contributed by atoms with Gasteiger partial charge in [0, 0.05) is 18.0 Å². The average molecular weight is 280 g/mol. The largest absolute Gasteiger partial charge is 0.476 e. The maximum Gasteiger partial charge on any atom is 0.365 e. The van der Waals surface area contributed by atoms with Crippen molar-refractivity contribution >= 4 is 17.3 Å². The van der Waals surface area contributed by atoms with E-state index in [1.807, 2.05) is 5.38 Å². The molecule has 1 aliphatic carbocycles. The highest BCUT2D eigenvalue weighted by molar-refractivity contribution is 7.11. The average Bonchev–Trinajstić information content (AvgIpc) is 2.88. The molecule has 2 atom stereocenters. The van der Waals surface area contributed by atoms with E-state index in [1.54, 1.807) is 0 Å². The third kappa shape index (κ3) is 2.82. The van der Waals surface area contributed by atoms with Gasteiger partial charge >= 0.3 is 5.97 Å². The predicted octanol–water partition coefficient (Wildman–Crippen LogP) is 3.00. The van der Waals surface area contributed by atoms with Crippen molar-refractivity contribution in [2.75, 3.05) is 6.54 Å². The van der Waals surface area contributed by atoms with Crippen LogP contribution < -0.4 is 0 Å². The summed E-state index contributed by atoms with van der Waals surface area (Å²) < 4.78 is 0. The number of aromatic nitrogens is 1. The van der Waals surface area contributed by atoms with Gasteiger partial charge in [-0.05, 0) is 38.1 Å². The van der Waals surface area contributed by atoms with E-state index in [4.69, 9.17) is 5.11 Å². The molecule has 2 heterocycles. The molecule has 0 aromatic carbocycles. The zero-order valence-electron chi connectivity index (χ0n) is 11.0. The summed E-state index contributed by atoms with van der Waals surface area (Å²) in [6, 6.07) is 0.706. The minimum absolute atomic E-state index is 0.215. The molecule has 104 valence electrons. The number of rotatable bonds is 3. The molecule has 0 spiro atoms. The van der Waals surface area contributed by atoms with Crippen molar-refractivity contribution in [3.8, 4) is 0 Å². The molecule has 1 aromatic rings. The molecule has 4 nitrogen and oxygen atoms in total. The van der Waals surface area contributed by atoms with Crippen LogP contribution in [0, 0.1) is 5.92 Å². The minimum atomic E-state index is -0.912. The van der Waals surface area contributed by atoms with Gasteiger partial charge in [-0.15, -0.1) is 11.3 Å². The molecule has 1 saturated heterocycles. The molecule has 3 rings (SSSR count). The summed E-state index contributed by atoms with van der Waals surface area (Å²) in [5.74, 6) is -0.0504. The molecule has 5 heteroatoms. The van der Waals surface area contributed by atoms with Crippen LogP contribution in [0.3, 0.4) is 0 Å². The molecule has 1 saturated carbocycles. The van der Waals surface area contributed by atoms with Gasteiger partial charge in [0.25, 0.3) is 0 Å². The lowest BCUT2D eigenvalue weighted by atomic mass is 9.78. The molecule has 0 bridgehead atoms. The molecule has 2 aliphatic rings. The lowest BCUT2D eigenvalue weighted by Crippen LogP contribution is -2.46. The summed E-state index contributed by atoms with van der Waals surface area (Å²) in [6.45, 7) is 1.96. The SMILES string of the molecule is O=C(O)c1nc(CN2CCC[C@H]3CCCC[C@H]32)cs1. The van der Waals surface area contributed by atoms with Gasteiger partial charge in [-0.25, -0.2) is 9.78 Å². The molecule has 2 fully saturated rings. The van der Waals surface area contributed by atoms with Crippen LogP contribution >= 0.6 is 11.3 Å². The molecule has 1 N–H and O–H groups in total. The monoisotopic (exact) mass is 280 g/mol. The Morgan fingerprint density at radius 3 is 2.95 bits per heavy atom. The van der Waals surface area contributed by atoms with Crippen LogP contribution in [-0.2, 0) is 6.54 Å². The Morgan fingerprint density at radius 2 is 2.16 bits per heavy atom. The van der Waals surface area contributed by atoms with Crippen LogP contribution in [0.15, 0.2) is 5.38 Å². The summed E-state index contributed by atoms with van der Waals surface area (Å²) in [5, 5.41) is 11.0. The Balaban J connectivity index is 1.68. The standard InChI is InChI=1S/C14H20N2O2S/c17-14(18)13-15-11(9-19-13)8-16-7-3-5-10-4-1-2-6-12(10)16/h9-10,12H,1-8H2,(H,17,18)/t10-,12-/m1/s1. The number of carboxylic acids is 1. The summed E-state index contributed by atoms with van der Waals surface area (Å²) in [5.41, 5.74) is 0.925. The highest BCUT2D eigenvalue weighted by Crippen LogP contribution is 2.35. The fraction of sp³-hybridized carbons (Fsp3) is 0.714. The van der Waals surface area contributed by atoms with E-state index < -0.39 is 5.97 Å². The molecule has 19 heavy (non-hydrogen) atoms. The van der Waals surface area contributed by atoms with E-state index in [2.05, 4.69) is 9.88 Å². The number of carboxylic acid groups (broad SMARTS) is 1. The quantitative estimate of drug-likeness (QED) is 0.924. The number of piperidine rings is 1. The highest BCUT2D eigenvalue weighted by atomic mass is 32.1. The van der Waals surface area contributed by atoms with Crippen LogP contribution in [0.1, 0.15) is 54.0 Å². The van der Waals surface area contributed by atoms with Crippen molar-refractivity contribution in [1.29, 1.82) is 0 Å². The van der Waals surface area contributed by atoms with E-state index in [9.17, 15) is 4.79 Å². The number of aromatic carboxylic acids is 1. The number of fused-ring (bicyclic) bond motifs is 1. The number of hydrogen-bond donors (Lipinski definition) is 1. The number of thiazole rings is 1. The van der Waals surface area contributed by atoms with E-state index in [0.29, 0.717) is 6.04 Å². The maximum absolute atomic E-state index is 10.9. The van der Waals surface area contributed by atoms with Gasteiger partial charge < -0.3 is 5.11 Å². The van der Waals surface area contributed by atoms with E-state index >= 15 is 0 Å². The van der Waals surface area contributed by atoms with Crippen molar-refractivity contribution in [3.05, 3.63) is 16.1 Å². The van der Waals surface area contributed by atoms with Crippen LogP contribution in [0.2, 0.25) is 0 Å². The minimum Gasteiger partial charge on any atom is -0.476 e. The second kappa shape index (κ2) is 5.59. The van der Waals surface area contributed by atoms with E-state index in [1.165, 1.54) is 49.9 Å². The molecule has 0 amide bonds. The lowest BCUT2D eigenvalue weighted by Gasteiger charge is -2.43. The Kier molecular flexibility index (Phi) is 3.84. The molecule has 0 unspecified atom stereocenters. The summed E-state index contributed by atoms with van der Waals surface area (Å²) in [6.07, 6.45) is 8.05. The first kappa shape index (κ1) is 13.1. The van der Waals surface area contributed by atoms with E-state index in [-0.39, 0.29) is 5.01 Å². The van der Waals surface area contributed by atoms with Crippen molar-refractivity contribution in [2.24, 2.45) is 5.92 Å². The zero-order valence-corrected chi connectivity index (χ0v) is 11.9. The topological polar surface area (TPSA) is 53.4 Å². The Labute approximate surface area is 117 Å². The lowest BCUT2D eigenvalue weighted by molar-refractivity contribution is 0.0537. The van der Waals surface area contributed by atoms with Crippen molar-refractivity contribution in [3.63, 3.8) is 0 Å². The maximum atomic E-state index is 10.9. The number of hydrogen-bond acceptors (Lipinski definition) is 4. The molecule has 0 radical (unpaired) electrons. The molecule has 1 aromatic heterocycles. The second-order valence-electron chi connectivity index (χ2n) is 5.67. The van der Waals surface area contributed by atoms with Gasteiger partial charge in [0.2, 0.25) is 5.01 Å². The van der Waals surface area contributed by atoms with Crippen molar-refractivity contribution < 1.29 is 9.90 Å². The highest BCUT2D eigenvalue weighted by Gasteiger charge is 2.33. The van der Waals surface area contributed by atoms with E-state index in [0.717, 1.165) is 24.7 Å². The van der Waals surface area contributed by atoms with Gasteiger partial charge in [-0.2, -0.15) is 0 Å². The van der Waals surface area contributed by atoms with Gasteiger partial charge in [0.15, 0.2) is 0 Å². The first-order valence-corrected chi connectivity index (χ1v) is 8.04. The van der Waals surface area contributed by atoms with Crippen LogP contribution in [0.4, 0.5) is 0 Å². The Bertz CT molecular complexity index is 458. The first-order chi connectivity index (χ1) is 9.24. The van der Waals surface area contributed by atoms with Crippen molar-refractivity contribution in [2.45, 2.75) is 51.1 Å². The molecular weight excluding hydrogens is 260 g/mol. The van der Waals surface area contributed by atoms with Crippen molar-refractivity contribution in [1.82, 2.24) is 9.88 Å². The molecule has 1 aliphatic heterocycles. The Hall–Kier alpha value is -0.940. The van der Waals surface area contributed by atoms with Gasteiger partial charge in [-0.3, -0.25) is 4.90 Å². The zero-order chi connectivity index (χ0) is 13.2. The number of carbonyl (C=O) groups is 1. The number of nitrogens with zero attached hydrogens (tertiary/aromatic N) is 2. The fourth-order valence-corrected chi connectivity index (χ4v) is 4.26. The third-order valence-corrected chi connectivity index (χ3v) is 5.34. The summed E-state index contributed by atoms with van der Waals surface area (Å²) in [4.78, 5) is 17.6. The summed E-state index contributed by atoms with van der Waals surface area (Å²) in [7, 11) is 0. The first-order valence-electron chi connectivity index (χ1n) is 7.16.